The van der Waals surface area contributed by atoms with Crippen molar-refractivity contribution in [2.45, 2.75) is 13.8 Å². The molecule has 17 heavy (non-hydrogen) atoms. The molecule has 4 nitrogen and oxygen atoms in total. The number of carboxylic acid groups (broad SMARTS) is 1. The molecule has 0 spiro atoms. The molecule has 0 unspecified atom stereocenters. The van der Waals surface area contributed by atoms with Gasteiger partial charge in [0.15, 0.2) is 0 Å². The van der Waals surface area contributed by atoms with Crippen LogP contribution in [-0.2, 0) is 4.79 Å². The number of aromatic nitrogens is 1. The Labute approximate surface area is 99.3 Å². The summed E-state index contributed by atoms with van der Waals surface area (Å²) in [6.07, 6.45) is 0. The summed E-state index contributed by atoms with van der Waals surface area (Å²) >= 11 is 0. The van der Waals surface area contributed by atoms with Gasteiger partial charge in [-0.15, -0.1) is 0 Å². The van der Waals surface area contributed by atoms with Crippen LogP contribution in [0.5, 0.6) is 0 Å². The molecule has 88 valence electrons. The van der Waals surface area contributed by atoms with Gasteiger partial charge < -0.3 is 10.4 Å². The first-order valence-electron chi connectivity index (χ1n) is 5.40. The summed E-state index contributed by atoms with van der Waals surface area (Å²) in [4.78, 5) is 14.9. The normalized spacial score (nSPS) is 10.5. The molecule has 0 bridgehead atoms. The lowest BCUT2D eigenvalue weighted by molar-refractivity contribution is -0.134. The highest BCUT2D eigenvalue weighted by Gasteiger charge is 2.05. The Balaban J connectivity index is 2.46. The number of anilines is 1. The Morgan fingerprint density at radius 2 is 2.12 bits per heavy atom. The standard InChI is InChI=1S/C13H14N2O2/c1-8-4-3-5-10-9(2)6-11(15-13(8)10)14-7-12(16)17/h3-6H,7H2,1-2H3,(H,14,15)(H,16,17). The number of aryl methyl sites for hydroxylation is 2. The number of nitrogens with one attached hydrogen (secondary N) is 1. The van der Waals surface area contributed by atoms with E-state index in [4.69, 9.17) is 5.11 Å². The minimum atomic E-state index is -0.894. The highest BCUT2D eigenvalue weighted by atomic mass is 16.4. The van der Waals surface area contributed by atoms with E-state index >= 15 is 0 Å². The van der Waals surface area contributed by atoms with Gasteiger partial charge in [0.25, 0.3) is 0 Å². The van der Waals surface area contributed by atoms with Crippen molar-refractivity contribution in [2.24, 2.45) is 0 Å². The van der Waals surface area contributed by atoms with Gasteiger partial charge in [0.1, 0.15) is 12.4 Å². The molecule has 2 rings (SSSR count). The van der Waals surface area contributed by atoms with Gasteiger partial charge >= 0.3 is 5.97 Å². The molecule has 0 radical (unpaired) electrons. The van der Waals surface area contributed by atoms with Crippen LogP contribution in [0.4, 0.5) is 5.82 Å². The van der Waals surface area contributed by atoms with Crippen LogP contribution < -0.4 is 5.32 Å². The fourth-order valence-corrected chi connectivity index (χ4v) is 1.82. The summed E-state index contributed by atoms with van der Waals surface area (Å²) in [6, 6.07) is 7.88. The SMILES string of the molecule is Cc1cc(NCC(=O)O)nc2c(C)cccc12. The number of carboxylic acids is 1. The van der Waals surface area contributed by atoms with Gasteiger partial charge in [-0.3, -0.25) is 4.79 Å². The Morgan fingerprint density at radius 1 is 1.35 bits per heavy atom. The molecule has 0 amide bonds. The molecule has 2 aromatic rings. The van der Waals surface area contributed by atoms with Crippen LogP contribution in [0.25, 0.3) is 10.9 Å². The lowest BCUT2D eigenvalue weighted by Crippen LogP contribution is -2.13. The van der Waals surface area contributed by atoms with E-state index in [1.165, 1.54) is 0 Å². The molecular weight excluding hydrogens is 216 g/mol. The number of para-hydroxylation sites is 1. The first kappa shape index (κ1) is 11.4. The maximum absolute atomic E-state index is 10.5. The molecule has 0 fully saturated rings. The lowest BCUT2D eigenvalue weighted by atomic mass is 10.1. The molecule has 1 aromatic carbocycles. The number of pyridine rings is 1. The zero-order chi connectivity index (χ0) is 12.4. The van der Waals surface area contributed by atoms with Crippen molar-refractivity contribution >= 4 is 22.7 Å². The van der Waals surface area contributed by atoms with Gasteiger partial charge in [-0.2, -0.15) is 0 Å². The first-order valence-corrected chi connectivity index (χ1v) is 5.40. The van der Waals surface area contributed by atoms with E-state index in [1.807, 2.05) is 38.1 Å². The van der Waals surface area contributed by atoms with Crippen LogP contribution in [0.1, 0.15) is 11.1 Å². The summed E-state index contributed by atoms with van der Waals surface area (Å²) in [7, 11) is 0. The number of rotatable bonds is 3. The predicted molar refractivity (Wildman–Crippen MR) is 67.3 cm³/mol. The largest absolute Gasteiger partial charge is 0.480 e. The van der Waals surface area contributed by atoms with Crippen LogP contribution in [-0.4, -0.2) is 22.6 Å². The van der Waals surface area contributed by atoms with E-state index in [2.05, 4.69) is 10.3 Å². The van der Waals surface area contributed by atoms with Crippen molar-refractivity contribution in [1.82, 2.24) is 4.98 Å². The van der Waals surface area contributed by atoms with Gasteiger partial charge in [0, 0.05) is 5.39 Å². The fraction of sp³-hybridized carbons (Fsp3) is 0.231. The molecule has 0 aliphatic heterocycles. The molecule has 0 atom stereocenters. The van der Waals surface area contributed by atoms with E-state index in [0.717, 1.165) is 22.0 Å². The van der Waals surface area contributed by atoms with Crippen LogP contribution in [0, 0.1) is 13.8 Å². The van der Waals surface area contributed by atoms with Crippen LogP contribution >= 0.6 is 0 Å². The second-order valence-corrected chi connectivity index (χ2v) is 4.04. The number of nitrogens with zero attached hydrogens (tertiary/aromatic N) is 1. The van der Waals surface area contributed by atoms with Crippen molar-refractivity contribution in [3.05, 3.63) is 35.4 Å². The summed E-state index contributed by atoms with van der Waals surface area (Å²) in [5, 5.41) is 12.5. The smallest absolute Gasteiger partial charge is 0.322 e. The van der Waals surface area contributed by atoms with E-state index in [9.17, 15) is 4.79 Å². The molecular formula is C13H14N2O2. The number of benzene rings is 1. The fourth-order valence-electron chi connectivity index (χ4n) is 1.82. The van der Waals surface area contributed by atoms with E-state index in [1.54, 1.807) is 0 Å². The number of carbonyl (C=O) groups is 1. The molecule has 1 heterocycles. The molecule has 1 aromatic heterocycles. The van der Waals surface area contributed by atoms with Gasteiger partial charge in [0.05, 0.1) is 5.52 Å². The Morgan fingerprint density at radius 3 is 2.82 bits per heavy atom. The topological polar surface area (TPSA) is 62.2 Å². The summed E-state index contributed by atoms with van der Waals surface area (Å²) in [6.45, 7) is 3.87. The maximum Gasteiger partial charge on any atom is 0.322 e. The molecule has 0 saturated carbocycles. The quantitative estimate of drug-likeness (QED) is 0.849. The lowest BCUT2D eigenvalue weighted by Gasteiger charge is -2.09. The summed E-state index contributed by atoms with van der Waals surface area (Å²) in [5.74, 6) is -0.291. The molecule has 0 aliphatic rings. The van der Waals surface area contributed by atoms with Crippen LogP contribution in [0.3, 0.4) is 0 Å². The minimum absolute atomic E-state index is 0.121. The molecule has 4 heteroatoms. The average Bonchev–Trinajstić information content (AvgIpc) is 2.28. The number of hydrogen-bond acceptors (Lipinski definition) is 3. The predicted octanol–water partition coefficient (Wildman–Crippen LogP) is 2.35. The highest BCUT2D eigenvalue weighted by molar-refractivity contribution is 5.86. The Kier molecular flexibility index (Phi) is 2.95. The van der Waals surface area contributed by atoms with Gasteiger partial charge in [-0.1, -0.05) is 18.2 Å². The second-order valence-electron chi connectivity index (χ2n) is 4.04. The third-order valence-corrected chi connectivity index (χ3v) is 2.67. The zero-order valence-corrected chi connectivity index (χ0v) is 9.82. The number of aliphatic carboxylic acids is 1. The van der Waals surface area contributed by atoms with Crippen molar-refractivity contribution in [3.63, 3.8) is 0 Å². The van der Waals surface area contributed by atoms with E-state index < -0.39 is 5.97 Å². The molecule has 0 saturated heterocycles. The van der Waals surface area contributed by atoms with Crippen molar-refractivity contribution in [2.75, 3.05) is 11.9 Å². The first-order chi connectivity index (χ1) is 8.08. The summed E-state index contributed by atoms with van der Waals surface area (Å²) in [5.41, 5.74) is 3.09. The average molecular weight is 230 g/mol. The third kappa shape index (κ3) is 2.36. The Hall–Kier alpha value is -2.10. The van der Waals surface area contributed by atoms with Crippen molar-refractivity contribution in [1.29, 1.82) is 0 Å². The number of hydrogen-bond donors (Lipinski definition) is 2. The molecule has 0 aliphatic carbocycles. The van der Waals surface area contributed by atoms with Crippen molar-refractivity contribution < 1.29 is 9.90 Å². The van der Waals surface area contributed by atoms with E-state index in [0.29, 0.717) is 5.82 Å². The minimum Gasteiger partial charge on any atom is -0.480 e. The second kappa shape index (κ2) is 4.41. The van der Waals surface area contributed by atoms with E-state index in [-0.39, 0.29) is 6.54 Å². The van der Waals surface area contributed by atoms with Gasteiger partial charge in [-0.05, 0) is 31.0 Å². The molecule has 2 N–H and O–H groups in total. The number of fused-ring (bicyclic) bond motifs is 1. The third-order valence-electron chi connectivity index (χ3n) is 2.67. The highest BCUT2D eigenvalue weighted by Crippen LogP contribution is 2.22. The van der Waals surface area contributed by atoms with Gasteiger partial charge in [-0.25, -0.2) is 4.98 Å². The monoisotopic (exact) mass is 230 g/mol. The Bertz CT molecular complexity index is 579. The van der Waals surface area contributed by atoms with Crippen LogP contribution in [0.15, 0.2) is 24.3 Å². The van der Waals surface area contributed by atoms with Crippen molar-refractivity contribution in [3.8, 4) is 0 Å². The van der Waals surface area contributed by atoms with Crippen LogP contribution in [0.2, 0.25) is 0 Å². The zero-order valence-electron chi connectivity index (χ0n) is 9.82. The van der Waals surface area contributed by atoms with Gasteiger partial charge in [0.2, 0.25) is 0 Å². The maximum atomic E-state index is 10.5. The summed E-state index contributed by atoms with van der Waals surface area (Å²) < 4.78 is 0.